The first-order valence-corrected chi connectivity index (χ1v) is 7.90. The molecule has 0 spiro atoms. The van der Waals surface area contributed by atoms with Gasteiger partial charge in [0, 0.05) is 10.3 Å². The molecule has 1 nitrogen and oxygen atoms in total. The van der Waals surface area contributed by atoms with Gasteiger partial charge in [0.1, 0.15) is 6.10 Å². The van der Waals surface area contributed by atoms with Gasteiger partial charge in [-0.3, -0.25) is 0 Å². The maximum atomic E-state index is 10.7. The summed E-state index contributed by atoms with van der Waals surface area (Å²) in [6.07, 6.45) is 1.65. The molecule has 0 saturated carbocycles. The maximum absolute atomic E-state index is 10.7. The summed E-state index contributed by atoms with van der Waals surface area (Å²) in [5.41, 5.74) is 3.29. The van der Waals surface area contributed by atoms with E-state index in [1.54, 1.807) is 11.3 Å². The van der Waals surface area contributed by atoms with Gasteiger partial charge in [-0.2, -0.15) is 0 Å². The van der Waals surface area contributed by atoms with Crippen LogP contribution in [0.4, 0.5) is 0 Å². The van der Waals surface area contributed by atoms with Gasteiger partial charge in [0.15, 0.2) is 0 Å². The number of benzene rings is 2. The first-order chi connectivity index (χ1) is 9.79. The summed E-state index contributed by atoms with van der Waals surface area (Å²) in [7, 11) is 0. The highest BCUT2D eigenvalue weighted by Gasteiger charge is 2.15. The van der Waals surface area contributed by atoms with Crippen LogP contribution in [-0.2, 0) is 6.42 Å². The second-order valence-electron chi connectivity index (χ2n) is 5.08. The molecule has 1 aromatic heterocycles. The van der Waals surface area contributed by atoms with Gasteiger partial charge in [-0.15, -0.1) is 11.3 Å². The molecule has 1 heterocycles. The third-order valence-electron chi connectivity index (χ3n) is 3.61. The van der Waals surface area contributed by atoms with Crippen LogP contribution in [0, 0.1) is 0 Å². The van der Waals surface area contributed by atoms with Crippen molar-refractivity contribution in [2.75, 3.05) is 0 Å². The molecule has 0 saturated heterocycles. The lowest BCUT2D eigenvalue weighted by atomic mass is 9.98. The highest BCUT2D eigenvalue weighted by molar-refractivity contribution is 7.17. The van der Waals surface area contributed by atoms with E-state index >= 15 is 0 Å². The fraction of sp³-hybridized carbons (Fsp3) is 0.222. The van der Waals surface area contributed by atoms with Crippen molar-refractivity contribution in [3.05, 3.63) is 70.6 Å². The molecule has 0 aliphatic rings. The van der Waals surface area contributed by atoms with Crippen LogP contribution in [0.25, 0.3) is 10.1 Å². The van der Waals surface area contributed by atoms with E-state index in [2.05, 4.69) is 36.6 Å². The molecule has 3 aromatic rings. The van der Waals surface area contributed by atoms with Gasteiger partial charge in [-0.1, -0.05) is 55.8 Å². The molecule has 2 aromatic carbocycles. The Morgan fingerprint density at radius 1 is 1.10 bits per heavy atom. The Hall–Kier alpha value is -1.64. The normalized spacial score (nSPS) is 12.7. The van der Waals surface area contributed by atoms with Crippen molar-refractivity contribution < 1.29 is 5.11 Å². The lowest BCUT2D eigenvalue weighted by Crippen LogP contribution is -1.99. The van der Waals surface area contributed by atoms with Crippen molar-refractivity contribution >= 4 is 21.4 Å². The van der Waals surface area contributed by atoms with Gasteiger partial charge in [-0.05, 0) is 34.4 Å². The van der Waals surface area contributed by atoms with Gasteiger partial charge in [-0.25, -0.2) is 0 Å². The zero-order chi connectivity index (χ0) is 13.9. The topological polar surface area (TPSA) is 20.2 Å². The predicted molar refractivity (Wildman–Crippen MR) is 86.3 cm³/mol. The van der Waals surface area contributed by atoms with E-state index in [4.69, 9.17) is 0 Å². The molecule has 1 unspecified atom stereocenters. The summed E-state index contributed by atoms with van der Waals surface area (Å²) in [6, 6.07) is 16.6. The molecule has 1 atom stereocenters. The van der Waals surface area contributed by atoms with Gasteiger partial charge in [0.25, 0.3) is 0 Å². The Kier molecular flexibility index (Phi) is 3.86. The standard InChI is InChI=1S/C18H18OS/c1-2-6-13-7-5-8-14(11-13)18(19)16-12-20-17-10-4-3-9-15(16)17/h3-5,7-12,18-19H,2,6H2,1H3. The smallest absolute Gasteiger partial charge is 0.105 e. The number of rotatable bonds is 4. The van der Waals surface area contributed by atoms with Crippen LogP contribution in [0.2, 0.25) is 0 Å². The molecule has 102 valence electrons. The van der Waals surface area contributed by atoms with E-state index in [1.165, 1.54) is 10.3 Å². The quantitative estimate of drug-likeness (QED) is 0.719. The average molecular weight is 282 g/mol. The minimum atomic E-state index is -0.539. The van der Waals surface area contributed by atoms with Crippen LogP contribution < -0.4 is 0 Å². The summed E-state index contributed by atoms with van der Waals surface area (Å²) >= 11 is 1.69. The average Bonchev–Trinajstić information content (AvgIpc) is 2.91. The number of aliphatic hydroxyl groups is 1. The SMILES string of the molecule is CCCc1cccc(C(O)c2csc3ccccc23)c1. The zero-order valence-corrected chi connectivity index (χ0v) is 12.4. The Morgan fingerprint density at radius 2 is 1.95 bits per heavy atom. The molecular weight excluding hydrogens is 264 g/mol. The number of hydrogen-bond donors (Lipinski definition) is 1. The number of hydrogen-bond acceptors (Lipinski definition) is 2. The highest BCUT2D eigenvalue weighted by atomic mass is 32.1. The van der Waals surface area contributed by atoms with Gasteiger partial charge < -0.3 is 5.11 Å². The van der Waals surface area contributed by atoms with Crippen molar-refractivity contribution in [3.63, 3.8) is 0 Å². The molecular formula is C18H18OS. The number of fused-ring (bicyclic) bond motifs is 1. The van der Waals surface area contributed by atoms with Crippen LogP contribution in [0.1, 0.15) is 36.1 Å². The highest BCUT2D eigenvalue weighted by Crippen LogP contribution is 2.33. The van der Waals surface area contributed by atoms with E-state index in [-0.39, 0.29) is 0 Å². The molecule has 0 bridgehead atoms. The van der Waals surface area contributed by atoms with Crippen molar-refractivity contribution in [2.24, 2.45) is 0 Å². The lowest BCUT2D eigenvalue weighted by Gasteiger charge is -2.12. The largest absolute Gasteiger partial charge is 0.384 e. The van der Waals surface area contributed by atoms with Crippen LogP contribution in [-0.4, -0.2) is 5.11 Å². The first kappa shape index (κ1) is 13.3. The number of thiophene rings is 1. The summed E-state index contributed by atoms with van der Waals surface area (Å²) in [6.45, 7) is 2.18. The third kappa shape index (κ3) is 2.49. The summed E-state index contributed by atoms with van der Waals surface area (Å²) < 4.78 is 1.23. The second-order valence-corrected chi connectivity index (χ2v) is 6.00. The summed E-state index contributed by atoms with van der Waals surface area (Å²) in [4.78, 5) is 0. The molecule has 0 aliphatic carbocycles. The molecule has 0 fully saturated rings. The first-order valence-electron chi connectivity index (χ1n) is 7.02. The predicted octanol–water partition coefficient (Wildman–Crippen LogP) is 4.94. The van der Waals surface area contributed by atoms with E-state index in [1.807, 2.05) is 24.3 Å². The fourth-order valence-corrected chi connectivity index (χ4v) is 3.58. The Bertz CT molecular complexity index is 714. The van der Waals surface area contributed by atoms with Gasteiger partial charge in [0.2, 0.25) is 0 Å². The third-order valence-corrected chi connectivity index (χ3v) is 4.59. The van der Waals surface area contributed by atoms with Crippen molar-refractivity contribution in [2.45, 2.75) is 25.9 Å². The van der Waals surface area contributed by atoms with Crippen LogP contribution in [0.15, 0.2) is 53.9 Å². The molecule has 2 heteroatoms. The van der Waals surface area contributed by atoms with E-state index in [0.717, 1.165) is 29.4 Å². The maximum Gasteiger partial charge on any atom is 0.105 e. The van der Waals surface area contributed by atoms with Gasteiger partial charge >= 0.3 is 0 Å². The monoisotopic (exact) mass is 282 g/mol. The van der Waals surface area contributed by atoms with Crippen LogP contribution in [0.3, 0.4) is 0 Å². The lowest BCUT2D eigenvalue weighted by molar-refractivity contribution is 0.222. The Morgan fingerprint density at radius 3 is 2.80 bits per heavy atom. The molecule has 0 radical (unpaired) electrons. The number of aryl methyl sites for hydroxylation is 1. The summed E-state index contributed by atoms with van der Waals surface area (Å²) in [5, 5.41) is 13.9. The minimum Gasteiger partial charge on any atom is -0.384 e. The number of aliphatic hydroxyl groups excluding tert-OH is 1. The minimum absolute atomic E-state index is 0.539. The second kappa shape index (κ2) is 5.78. The van der Waals surface area contributed by atoms with Crippen molar-refractivity contribution in [3.8, 4) is 0 Å². The van der Waals surface area contributed by atoms with Gasteiger partial charge in [0.05, 0.1) is 0 Å². The summed E-state index contributed by atoms with van der Waals surface area (Å²) in [5.74, 6) is 0. The molecule has 3 rings (SSSR count). The van der Waals surface area contributed by atoms with Crippen molar-refractivity contribution in [1.82, 2.24) is 0 Å². The zero-order valence-electron chi connectivity index (χ0n) is 11.5. The Balaban J connectivity index is 1.99. The van der Waals surface area contributed by atoms with E-state index in [0.29, 0.717) is 0 Å². The Labute approximate surface area is 123 Å². The molecule has 0 aliphatic heterocycles. The van der Waals surface area contributed by atoms with E-state index in [9.17, 15) is 5.11 Å². The molecule has 20 heavy (non-hydrogen) atoms. The van der Waals surface area contributed by atoms with Crippen molar-refractivity contribution in [1.29, 1.82) is 0 Å². The van der Waals surface area contributed by atoms with E-state index < -0.39 is 6.10 Å². The van der Waals surface area contributed by atoms with Crippen LogP contribution in [0.5, 0.6) is 0 Å². The molecule has 1 N–H and O–H groups in total. The molecule has 0 amide bonds. The fourth-order valence-electron chi connectivity index (χ4n) is 2.60. The van der Waals surface area contributed by atoms with Crippen LogP contribution >= 0.6 is 11.3 Å².